The maximum absolute atomic E-state index is 14.2. The average Bonchev–Trinajstić information content (AvgIpc) is 3.13. The largest absolute Gasteiger partial charge is 0.368 e. The fourth-order valence-electron chi connectivity index (χ4n) is 3.44. The van der Waals surface area contributed by atoms with Crippen LogP contribution in [0.4, 0.5) is 10.2 Å². The van der Waals surface area contributed by atoms with Crippen molar-refractivity contribution in [1.82, 2.24) is 20.5 Å². The molecule has 0 radical (unpaired) electrons. The zero-order valence-electron chi connectivity index (χ0n) is 14.7. The van der Waals surface area contributed by atoms with Gasteiger partial charge < -0.3 is 16.4 Å². The first-order chi connectivity index (χ1) is 13.1. The van der Waals surface area contributed by atoms with Crippen LogP contribution in [0.1, 0.15) is 30.7 Å². The minimum Gasteiger partial charge on any atom is -0.368 e. The highest BCUT2D eigenvalue weighted by Crippen LogP contribution is 2.43. The van der Waals surface area contributed by atoms with Crippen molar-refractivity contribution in [3.05, 3.63) is 47.7 Å². The maximum Gasteiger partial charge on any atom is 0.241 e. The van der Waals surface area contributed by atoms with Crippen molar-refractivity contribution in [2.45, 2.75) is 30.7 Å². The van der Waals surface area contributed by atoms with Crippen molar-refractivity contribution in [2.24, 2.45) is 10.7 Å². The molecule has 2 aromatic rings. The van der Waals surface area contributed by atoms with Gasteiger partial charge in [-0.3, -0.25) is 14.8 Å². The van der Waals surface area contributed by atoms with E-state index in [2.05, 4.69) is 30.8 Å². The molecule has 0 bridgehead atoms. The number of nitrogens with two attached hydrogens (primary N) is 1. The number of rotatable bonds is 6. The first-order valence-electron chi connectivity index (χ1n) is 8.87. The Labute approximate surface area is 155 Å². The second-order valence-electron chi connectivity index (χ2n) is 6.91. The molecule has 4 rings (SSSR count). The Bertz CT molecular complexity index is 880. The van der Waals surface area contributed by atoms with Crippen molar-refractivity contribution in [1.29, 1.82) is 0 Å². The zero-order chi connectivity index (χ0) is 18.9. The van der Waals surface area contributed by atoms with Gasteiger partial charge in [-0.25, -0.2) is 4.39 Å². The summed E-state index contributed by atoms with van der Waals surface area (Å²) in [6.45, 7) is 0.836. The van der Waals surface area contributed by atoms with E-state index in [1.54, 1.807) is 24.4 Å². The number of halogens is 1. The maximum atomic E-state index is 14.2. The number of carbonyl (C=O) groups is 1. The number of aromatic nitrogens is 3. The Hall–Kier alpha value is -3.10. The minimum absolute atomic E-state index is 0.269. The van der Waals surface area contributed by atoms with E-state index in [9.17, 15) is 9.18 Å². The van der Waals surface area contributed by atoms with Crippen LogP contribution < -0.4 is 16.4 Å². The van der Waals surface area contributed by atoms with Gasteiger partial charge in [0.1, 0.15) is 29.2 Å². The van der Waals surface area contributed by atoms with Crippen LogP contribution >= 0.6 is 0 Å². The number of hydrogen-bond acceptors (Lipinski definition) is 7. The number of amides is 1. The number of aliphatic imine (C=N–C) groups is 1. The molecule has 27 heavy (non-hydrogen) atoms. The molecule has 8 nitrogen and oxygen atoms in total. The third-order valence-electron chi connectivity index (χ3n) is 5.17. The summed E-state index contributed by atoms with van der Waals surface area (Å²) < 4.78 is 14.2. The number of primary amides is 1. The Kier molecular flexibility index (Phi) is 4.43. The van der Waals surface area contributed by atoms with E-state index in [1.807, 2.05) is 0 Å². The van der Waals surface area contributed by atoms with Crippen LogP contribution in [0.3, 0.4) is 0 Å². The molecule has 140 valence electrons. The van der Waals surface area contributed by atoms with E-state index in [1.165, 1.54) is 6.07 Å². The van der Waals surface area contributed by atoms with Gasteiger partial charge in [0.05, 0.1) is 12.2 Å². The molecule has 1 unspecified atom stereocenters. The standard InChI is InChI=1S/C18H20FN7O/c19-11-3-1-8-21-15(11)18(6-2-7-18)10-23-14-5-4-12(25-26-14)17-22-9-13(24-17)16(20)27/h1,3-5,8,13H,2,6-7,9-10H2,(H2,20,27)(H,22,24)(H,23,26). The predicted octanol–water partition coefficient (Wildman–Crippen LogP) is 0.748. The highest BCUT2D eigenvalue weighted by atomic mass is 19.1. The molecule has 9 heteroatoms. The lowest BCUT2D eigenvalue weighted by molar-refractivity contribution is -0.119. The Morgan fingerprint density at radius 3 is 2.78 bits per heavy atom. The SMILES string of the molecule is NC(=O)C1CN=C(c2ccc(NCC3(c4ncccc4F)CCC3)nn2)N1. The second kappa shape index (κ2) is 6.90. The van der Waals surface area contributed by atoms with Crippen molar-refractivity contribution in [2.75, 3.05) is 18.4 Å². The van der Waals surface area contributed by atoms with Crippen molar-refractivity contribution in [3.63, 3.8) is 0 Å². The molecular formula is C18H20FN7O. The van der Waals surface area contributed by atoms with E-state index in [0.29, 0.717) is 36.1 Å². The van der Waals surface area contributed by atoms with Gasteiger partial charge in [0.15, 0.2) is 0 Å². The smallest absolute Gasteiger partial charge is 0.241 e. The van der Waals surface area contributed by atoms with Gasteiger partial charge in [0.2, 0.25) is 5.91 Å². The molecular weight excluding hydrogens is 349 g/mol. The lowest BCUT2D eigenvalue weighted by atomic mass is 9.66. The average molecular weight is 369 g/mol. The number of nitrogens with one attached hydrogen (secondary N) is 2. The molecule has 1 aliphatic heterocycles. The number of anilines is 1. The normalized spacial score (nSPS) is 20.3. The van der Waals surface area contributed by atoms with Crippen molar-refractivity contribution < 1.29 is 9.18 Å². The fraction of sp³-hybridized carbons (Fsp3) is 0.389. The summed E-state index contributed by atoms with van der Waals surface area (Å²) in [5.74, 6) is 0.373. The van der Waals surface area contributed by atoms with Gasteiger partial charge in [-0.2, -0.15) is 0 Å². The quantitative estimate of drug-likeness (QED) is 0.691. The second-order valence-corrected chi connectivity index (χ2v) is 6.91. The van der Waals surface area contributed by atoms with Crippen LogP contribution in [0.2, 0.25) is 0 Å². The van der Waals surface area contributed by atoms with E-state index < -0.39 is 11.9 Å². The van der Waals surface area contributed by atoms with Crippen LogP contribution in [0, 0.1) is 5.82 Å². The van der Waals surface area contributed by atoms with Crippen LogP contribution in [0.5, 0.6) is 0 Å². The summed E-state index contributed by atoms with van der Waals surface area (Å²) in [5, 5.41) is 14.5. The van der Waals surface area contributed by atoms with Gasteiger partial charge in [0, 0.05) is 18.2 Å². The van der Waals surface area contributed by atoms with E-state index in [0.717, 1.165) is 19.3 Å². The summed E-state index contributed by atoms with van der Waals surface area (Å²) in [6, 6.07) is 6.09. The molecule has 1 amide bonds. The Morgan fingerprint density at radius 2 is 2.19 bits per heavy atom. The van der Waals surface area contributed by atoms with Gasteiger partial charge in [-0.1, -0.05) is 6.42 Å². The van der Waals surface area contributed by atoms with Crippen molar-refractivity contribution >= 4 is 17.6 Å². The summed E-state index contributed by atoms with van der Waals surface area (Å²) >= 11 is 0. The molecule has 1 fully saturated rings. The molecule has 2 aromatic heterocycles. The highest BCUT2D eigenvalue weighted by Gasteiger charge is 2.41. The molecule has 4 N–H and O–H groups in total. The molecule has 3 heterocycles. The van der Waals surface area contributed by atoms with E-state index in [4.69, 9.17) is 5.73 Å². The molecule has 0 spiro atoms. The van der Waals surface area contributed by atoms with Gasteiger partial charge in [-0.15, -0.1) is 10.2 Å². The van der Waals surface area contributed by atoms with E-state index in [-0.39, 0.29) is 11.2 Å². The molecule has 2 aliphatic rings. The molecule has 0 saturated heterocycles. The number of pyridine rings is 1. The summed E-state index contributed by atoms with van der Waals surface area (Å²) in [6.07, 6.45) is 4.44. The Balaban J connectivity index is 1.42. The van der Waals surface area contributed by atoms with Gasteiger partial charge >= 0.3 is 0 Å². The monoisotopic (exact) mass is 369 g/mol. The fourth-order valence-corrected chi connectivity index (χ4v) is 3.44. The van der Waals surface area contributed by atoms with Gasteiger partial charge in [0.25, 0.3) is 0 Å². The number of amidine groups is 1. The van der Waals surface area contributed by atoms with Crippen LogP contribution in [0.25, 0.3) is 0 Å². The topological polar surface area (TPSA) is 118 Å². The lowest BCUT2D eigenvalue weighted by Crippen LogP contribution is -2.42. The third kappa shape index (κ3) is 3.32. The molecule has 1 atom stereocenters. The molecule has 0 aromatic carbocycles. The lowest BCUT2D eigenvalue weighted by Gasteiger charge is -2.41. The summed E-state index contributed by atoms with van der Waals surface area (Å²) in [7, 11) is 0. The number of hydrogen-bond donors (Lipinski definition) is 3. The highest BCUT2D eigenvalue weighted by molar-refractivity contribution is 6.01. The molecule has 1 saturated carbocycles. The first kappa shape index (κ1) is 17.3. The summed E-state index contributed by atoms with van der Waals surface area (Å²) in [5.41, 5.74) is 6.01. The first-order valence-corrected chi connectivity index (χ1v) is 8.87. The van der Waals surface area contributed by atoms with Gasteiger partial charge in [-0.05, 0) is 37.1 Å². The predicted molar refractivity (Wildman–Crippen MR) is 97.8 cm³/mol. The minimum atomic E-state index is -0.508. The van der Waals surface area contributed by atoms with Crippen molar-refractivity contribution in [3.8, 4) is 0 Å². The van der Waals surface area contributed by atoms with E-state index >= 15 is 0 Å². The Morgan fingerprint density at radius 1 is 1.33 bits per heavy atom. The molecule has 1 aliphatic carbocycles. The van der Waals surface area contributed by atoms with Crippen LogP contribution in [-0.4, -0.2) is 46.1 Å². The van der Waals surface area contributed by atoms with Crippen LogP contribution in [0.15, 0.2) is 35.5 Å². The number of carbonyl (C=O) groups excluding carboxylic acids is 1. The number of nitrogens with zero attached hydrogens (tertiary/aromatic N) is 4. The van der Waals surface area contributed by atoms with Crippen LogP contribution in [-0.2, 0) is 10.2 Å². The zero-order valence-corrected chi connectivity index (χ0v) is 14.7. The summed E-state index contributed by atoms with van der Waals surface area (Å²) in [4.78, 5) is 19.7. The third-order valence-corrected chi connectivity index (χ3v) is 5.17.